The van der Waals surface area contributed by atoms with Crippen molar-refractivity contribution in [3.63, 3.8) is 0 Å². The Labute approximate surface area is 183 Å². The number of hydrogen-bond acceptors (Lipinski definition) is 2. The zero-order valence-corrected chi connectivity index (χ0v) is 19.2. The van der Waals surface area contributed by atoms with Gasteiger partial charge >= 0.3 is 184 Å². The number of hydrogen-bond donors (Lipinski definition) is 0. The summed E-state index contributed by atoms with van der Waals surface area (Å²) in [5.74, 6) is 0.932. The Morgan fingerprint density at radius 3 is 1.86 bits per heavy atom. The summed E-state index contributed by atoms with van der Waals surface area (Å²) in [5, 5.41) is 2.29. The molecule has 0 aliphatic carbocycles. The topological polar surface area (TPSA) is 26.3 Å². The monoisotopic (exact) mass is 512 g/mol. The molecule has 0 bridgehead atoms. The van der Waals surface area contributed by atoms with E-state index in [2.05, 4.69) is 36.4 Å². The molecule has 144 valence electrons. The first-order valence-electron chi connectivity index (χ1n) is 9.36. The molecule has 0 radical (unpaired) electrons. The summed E-state index contributed by atoms with van der Waals surface area (Å²) in [4.78, 5) is 13.1. The third-order valence-corrected chi connectivity index (χ3v) is 10.7. The van der Waals surface area contributed by atoms with Crippen molar-refractivity contribution in [1.82, 2.24) is 0 Å². The average molecular weight is 510 g/mol. The second kappa shape index (κ2) is 9.91. The van der Waals surface area contributed by atoms with Gasteiger partial charge in [0.1, 0.15) is 0 Å². The molecule has 0 saturated heterocycles. The Morgan fingerprint density at radius 1 is 0.690 bits per heavy atom. The van der Waals surface area contributed by atoms with Crippen molar-refractivity contribution < 1.29 is 9.53 Å². The van der Waals surface area contributed by atoms with Crippen molar-refractivity contribution in [3.8, 4) is 5.75 Å². The van der Waals surface area contributed by atoms with Crippen LogP contribution in [-0.2, 0) is 4.79 Å². The summed E-state index contributed by atoms with van der Waals surface area (Å²) in [5.41, 5.74) is 0. The number of carbonyl (C=O) groups is 1. The Balaban J connectivity index is 1.47. The Kier molecular flexibility index (Phi) is 6.82. The van der Waals surface area contributed by atoms with Crippen LogP contribution in [-0.4, -0.2) is 42.3 Å². The van der Waals surface area contributed by atoms with E-state index in [-0.39, 0.29) is 46.0 Å². The summed E-state index contributed by atoms with van der Waals surface area (Å²) < 4.78 is 8.42. The second-order valence-corrected chi connectivity index (χ2v) is 12.9. The number of rotatable bonds is 8. The first-order chi connectivity index (χ1) is 14.3. The summed E-state index contributed by atoms with van der Waals surface area (Å²) in [6.45, 7) is 0.117. The van der Waals surface area contributed by atoms with Crippen molar-refractivity contribution >= 4 is 55.4 Å². The van der Waals surface area contributed by atoms with Crippen LogP contribution in [0.1, 0.15) is 0 Å². The fourth-order valence-electron chi connectivity index (χ4n) is 2.88. The molecular formula is C25H20O2Se2. The van der Waals surface area contributed by atoms with Gasteiger partial charge in [0.25, 0.3) is 0 Å². The van der Waals surface area contributed by atoms with Crippen LogP contribution in [0.3, 0.4) is 0 Å². The van der Waals surface area contributed by atoms with Crippen LogP contribution in [0, 0.1) is 0 Å². The van der Waals surface area contributed by atoms with Crippen LogP contribution < -0.4 is 13.7 Å². The normalized spacial score (nSPS) is 10.9. The zero-order chi connectivity index (χ0) is 19.9. The molecule has 0 heterocycles. The molecule has 0 amide bonds. The fourth-order valence-corrected chi connectivity index (χ4v) is 9.12. The molecule has 0 atom stereocenters. The van der Waals surface area contributed by atoms with E-state index < -0.39 is 0 Å². The predicted molar refractivity (Wildman–Crippen MR) is 122 cm³/mol. The predicted octanol–water partition coefficient (Wildman–Crippen LogP) is 3.59. The first-order valence-corrected chi connectivity index (χ1v) is 13.0. The molecule has 0 fully saturated rings. The van der Waals surface area contributed by atoms with Crippen molar-refractivity contribution in [2.24, 2.45) is 0 Å². The summed E-state index contributed by atoms with van der Waals surface area (Å²) in [6.07, 6.45) is 0. The SMILES string of the molecule is O=C(COc1ccc2ccccc2c1)C([Se]c1ccccc1)[Se]c1ccccc1. The Hall–Kier alpha value is -2.35. The number of Topliss-reactive ketones (excluding diaryl/α,β-unsaturated/α-hetero) is 1. The van der Waals surface area contributed by atoms with Crippen molar-refractivity contribution in [2.75, 3.05) is 6.61 Å². The van der Waals surface area contributed by atoms with Gasteiger partial charge in [0, 0.05) is 0 Å². The number of benzene rings is 4. The molecule has 29 heavy (non-hydrogen) atoms. The molecule has 0 aliphatic heterocycles. The van der Waals surface area contributed by atoms with Gasteiger partial charge in [0.05, 0.1) is 0 Å². The minimum absolute atomic E-state index is 0.0141. The average Bonchev–Trinajstić information content (AvgIpc) is 2.78. The van der Waals surface area contributed by atoms with E-state index in [4.69, 9.17) is 4.74 Å². The molecule has 2 nitrogen and oxygen atoms in total. The van der Waals surface area contributed by atoms with E-state index in [1.54, 1.807) is 0 Å². The van der Waals surface area contributed by atoms with Gasteiger partial charge < -0.3 is 0 Å². The van der Waals surface area contributed by atoms with E-state index in [0.717, 1.165) is 11.1 Å². The third kappa shape index (κ3) is 5.59. The molecule has 0 N–H and O–H groups in total. The van der Waals surface area contributed by atoms with E-state index in [1.165, 1.54) is 14.3 Å². The molecule has 0 saturated carbocycles. The molecule has 4 aromatic rings. The molecule has 0 spiro atoms. The van der Waals surface area contributed by atoms with E-state index >= 15 is 0 Å². The third-order valence-electron chi connectivity index (χ3n) is 4.34. The standard InChI is InChI=1S/C25H20O2Se2/c26-24(18-27-21-16-15-19-9-7-8-10-20(19)17-21)25(28-22-11-3-1-4-12-22)29-23-13-5-2-6-14-23/h1-17,25H,18H2. The van der Waals surface area contributed by atoms with Gasteiger partial charge in [-0.25, -0.2) is 0 Å². The number of ether oxygens (including phenoxy) is 1. The van der Waals surface area contributed by atoms with Gasteiger partial charge in [-0.05, 0) is 0 Å². The Morgan fingerprint density at radius 2 is 1.24 bits per heavy atom. The molecule has 4 heteroatoms. The second-order valence-electron chi connectivity index (χ2n) is 6.46. The fraction of sp³-hybridized carbons (Fsp3) is 0.0800. The van der Waals surface area contributed by atoms with Crippen molar-refractivity contribution in [1.29, 1.82) is 0 Å². The molecule has 0 aliphatic rings. The Bertz CT molecular complexity index is 1040. The maximum absolute atomic E-state index is 13.1. The number of carbonyl (C=O) groups excluding carboxylic acids is 1. The van der Waals surface area contributed by atoms with Gasteiger partial charge in [-0.15, -0.1) is 0 Å². The number of fused-ring (bicyclic) bond motifs is 1. The van der Waals surface area contributed by atoms with Crippen LogP contribution in [0.2, 0.25) is 3.71 Å². The minimum atomic E-state index is 0.0141. The quantitative estimate of drug-likeness (QED) is 0.339. The summed E-state index contributed by atoms with van der Waals surface area (Å²) >= 11 is 0.169. The molecule has 4 rings (SSSR count). The van der Waals surface area contributed by atoms with Gasteiger partial charge in [-0.3, -0.25) is 0 Å². The van der Waals surface area contributed by atoms with Crippen LogP contribution in [0.5, 0.6) is 5.75 Å². The van der Waals surface area contributed by atoms with E-state index in [9.17, 15) is 4.79 Å². The van der Waals surface area contributed by atoms with E-state index in [0.29, 0.717) is 0 Å². The molecule has 0 unspecified atom stereocenters. The number of ketones is 1. The van der Waals surface area contributed by atoms with Crippen molar-refractivity contribution in [3.05, 3.63) is 103 Å². The molecule has 0 aromatic heterocycles. The van der Waals surface area contributed by atoms with E-state index in [1.807, 2.05) is 66.7 Å². The first kappa shape index (κ1) is 19.9. The summed E-state index contributed by atoms with van der Waals surface area (Å²) in [6, 6.07) is 34.8. The van der Waals surface area contributed by atoms with Gasteiger partial charge in [-0.1, -0.05) is 0 Å². The van der Waals surface area contributed by atoms with Gasteiger partial charge in [-0.2, -0.15) is 0 Å². The van der Waals surface area contributed by atoms with Gasteiger partial charge in [0.2, 0.25) is 0 Å². The summed E-state index contributed by atoms with van der Waals surface area (Å²) in [7, 11) is 0. The van der Waals surface area contributed by atoms with Crippen LogP contribution in [0.15, 0.2) is 103 Å². The van der Waals surface area contributed by atoms with Crippen LogP contribution >= 0.6 is 0 Å². The molecule has 4 aromatic carbocycles. The van der Waals surface area contributed by atoms with Crippen LogP contribution in [0.25, 0.3) is 10.8 Å². The molecular weight excluding hydrogens is 490 g/mol. The van der Waals surface area contributed by atoms with Gasteiger partial charge in [0.15, 0.2) is 0 Å². The maximum atomic E-state index is 13.1. The zero-order valence-electron chi connectivity index (χ0n) is 15.7. The van der Waals surface area contributed by atoms with Crippen LogP contribution in [0.4, 0.5) is 0 Å². The van der Waals surface area contributed by atoms with Crippen molar-refractivity contribution in [2.45, 2.75) is 3.71 Å².